The maximum Gasteiger partial charge on any atom is 0.256 e. The average molecular weight is 182 g/mol. The highest BCUT2D eigenvalue weighted by Crippen LogP contribution is 2.11. The Hall–Kier alpha value is -1.78. The summed E-state index contributed by atoms with van der Waals surface area (Å²) < 4.78 is 1.00. The smallest absolute Gasteiger partial charge is 0.256 e. The molecule has 13 heavy (non-hydrogen) atoms. The third-order valence-electron chi connectivity index (χ3n) is 1.75. The normalized spacial score (nSPS) is 9.69. The van der Waals surface area contributed by atoms with Crippen molar-refractivity contribution in [3.05, 3.63) is 28.0 Å². The van der Waals surface area contributed by atoms with Crippen LogP contribution in [0.2, 0.25) is 0 Å². The highest BCUT2D eigenvalue weighted by molar-refractivity contribution is 5.96. The van der Waals surface area contributed by atoms with Crippen LogP contribution in [0.15, 0.2) is 16.9 Å². The van der Waals surface area contributed by atoms with Crippen LogP contribution in [0, 0.1) is 0 Å². The predicted octanol–water partition coefficient (Wildman–Crippen LogP) is -0.550. The summed E-state index contributed by atoms with van der Waals surface area (Å²) in [5, 5.41) is 11.7. The predicted molar refractivity (Wildman–Crippen MR) is 46.7 cm³/mol. The zero-order valence-corrected chi connectivity index (χ0v) is 7.37. The number of aromatic nitrogens is 1. The summed E-state index contributed by atoms with van der Waals surface area (Å²) in [6.07, 6.45) is 0. The van der Waals surface area contributed by atoms with Crippen molar-refractivity contribution in [2.45, 2.75) is 0 Å². The number of hydrogen-bond donors (Lipinski definition) is 2. The molecule has 0 bridgehead atoms. The van der Waals surface area contributed by atoms with E-state index >= 15 is 0 Å². The van der Waals surface area contributed by atoms with Gasteiger partial charge < -0.3 is 10.4 Å². The van der Waals surface area contributed by atoms with Gasteiger partial charge in [-0.05, 0) is 6.07 Å². The Morgan fingerprint density at radius 3 is 2.69 bits per heavy atom. The largest absolute Gasteiger partial charge is 0.494 e. The summed E-state index contributed by atoms with van der Waals surface area (Å²) in [7, 11) is 2.84. The molecule has 1 aromatic rings. The van der Waals surface area contributed by atoms with E-state index in [1.54, 1.807) is 0 Å². The van der Waals surface area contributed by atoms with Crippen LogP contribution in [0.1, 0.15) is 10.4 Å². The number of carbonyl (C=O) groups excluding carboxylic acids is 1. The second-order valence-corrected chi connectivity index (χ2v) is 2.55. The Bertz CT molecular complexity index is 395. The van der Waals surface area contributed by atoms with E-state index in [2.05, 4.69) is 5.32 Å². The fourth-order valence-corrected chi connectivity index (χ4v) is 0.938. The summed E-state index contributed by atoms with van der Waals surface area (Å²) in [6, 6.07) is 2.51. The van der Waals surface area contributed by atoms with Gasteiger partial charge in [-0.15, -0.1) is 0 Å². The van der Waals surface area contributed by atoms with Crippen LogP contribution in [-0.4, -0.2) is 22.6 Å². The van der Waals surface area contributed by atoms with E-state index in [0.29, 0.717) is 0 Å². The third-order valence-corrected chi connectivity index (χ3v) is 1.75. The topological polar surface area (TPSA) is 71.3 Å². The molecule has 2 N–H and O–H groups in total. The molecule has 0 aliphatic heterocycles. The molecule has 1 amide bonds. The van der Waals surface area contributed by atoms with E-state index in [1.165, 1.54) is 26.2 Å². The molecule has 0 aliphatic carbocycles. The van der Waals surface area contributed by atoms with E-state index in [-0.39, 0.29) is 17.0 Å². The Morgan fingerprint density at radius 2 is 2.15 bits per heavy atom. The molecule has 1 rings (SSSR count). The third kappa shape index (κ3) is 1.53. The molecule has 0 atom stereocenters. The fourth-order valence-electron chi connectivity index (χ4n) is 0.938. The summed E-state index contributed by atoms with van der Waals surface area (Å²) in [5.41, 5.74) is -0.269. The standard InChI is InChI=1S/C8H10N2O3/c1-9-7(12)5-3-4-6(11)10(2)8(5)13/h3-4,13H,1-2H3,(H,9,12). The number of nitrogens with zero attached hydrogens (tertiary/aromatic N) is 1. The van der Waals surface area contributed by atoms with Gasteiger partial charge in [-0.2, -0.15) is 0 Å². The van der Waals surface area contributed by atoms with Crippen molar-refractivity contribution in [3.63, 3.8) is 0 Å². The number of amides is 1. The molecule has 0 radical (unpaired) electrons. The van der Waals surface area contributed by atoms with Crippen LogP contribution in [0.4, 0.5) is 0 Å². The number of rotatable bonds is 1. The summed E-state index contributed by atoms with van der Waals surface area (Å²) in [6.45, 7) is 0. The Morgan fingerprint density at radius 1 is 1.54 bits per heavy atom. The first-order valence-electron chi connectivity index (χ1n) is 3.69. The van der Waals surface area contributed by atoms with Crippen LogP contribution in [0.25, 0.3) is 0 Å². The van der Waals surface area contributed by atoms with Gasteiger partial charge in [0.1, 0.15) is 0 Å². The first kappa shape index (κ1) is 9.31. The molecule has 5 heteroatoms. The molecule has 0 saturated carbocycles. The second-order valence-electron chi connectivity index (χ2n) is 2.55. The van der Waals surface area contributed by atoms with Gasteiger partial charge in [-0.1, -0.05) is 0 Å². The maximum atomic E-state index is 11.1. The van der Waals surface area contributed by atoms with Gasteiger partial charge in [-0.25, -0.2) is 0 Å². The number of hydrogen-bond acceptors (Lipinski definition) is 3. The van der Waals surface area contributed by atoms with E-state index in [4.69, 9.17) is 0 Å². The number of aromatic hydroxyl groups is 1. The molecule has 0 fully saturated rings. The van der Waals surface area contributed by atoms with Gasteiger partial charge in [0.2, 0.25) is 5.88 Å². The zero-order valence-electron chi connectivity index (χ0n) is 7.37. The molecule has 0 aliphatic rings. The maximum absolute atomic E-state index is 11.1. The van der Waals surface area contributed by atoms with E-state index in [9.17, 15) is 14.7 Å². The Labute approximate surface area is 74.6 Å². The molecule has 0 unspecified atom stereocenters. The molecule has 70 valence electrons. The fraction of sp³-hybridized carbons (Fsp3) is 0.250. The van der Waals surface area contributed by atoms with Crippen molar-refractivity contribution in [2.75, 3.05) is 7.05 Å². The van der Waals surface area contributed by atoms with Gasteiger partial charge in [0.25, 0.3) is 11.5 Å². The van der Waals surface area contributed by atoms with E-state index in [1.807, 2.05) is 0 Å². The highest BCUT2D eigenvalue weighted by Gasteiger charge is 2.11. The summed E-state index contributed by atoms with van der Waals surface area (Å²) in [4.78, 5) is 22.1. The first-order chi connectivity index (χ1) is 6.07. The highest BCUT2D eigenvalue weighted by atomic mass is 16.3. The quantitative estimate of drug-likeness (QED) is 0.612. The molecular weight excluding hydrogens is 172 g/mol. The van der Waals surface area contributed by atoms with Crippen LogP contribution in [-0.2, 0) is 7.05 Å². The SMILES string of the molecule is CNC(=O)c1ccc(=O)n(C)c1O. The zero-order chi connectivity index (χ0) is 10.0. The second kappa shape index (κ2) is 3.30. The van der Waals surface area contributed by atoms with E-state index in [0.717, 1.165) is 4.57 Å². The average Bonchev–Trinajstić information content (AvgIpc) is 2.13. The molecule has 0 saturated heterocycles. The van der Waals surface area contributed by atoms with Crippen LogP contribution in [0.5, 0.6) is 5.88 Å². The minimum Gasteiger partial charge on any atom is -0.494 e. The lowest BCUT2D eigenvalue weighted by Gasteiger charge is -2.05. The lowest BCUT2D eigenvalue weighted by atomic mass is 10.2. The van der Waals surface area contributed by atoms with E-state index < -0.39 is 5.91 Å². The Kier molecular flexibility index (Phi) is 2.36. The van der Waals surface area contributed by atoms with Crippen molar-refractivity contribution >= 4 is 5.91 Å². The van der Waals surface area contributed by atoms with Gasteiger partial charge in [0.05, 0.1) is 5.56 Å². The van der Waals surface area contributed by atoms with Gasteiger partial charge in [0, 0.05) is 20.2 Å². The minimum absolute atomic E-state index is 0.0876. The van der Waals surface area contributed by atoms with Crippen molar-refractivity contribution in [1.82, 2.24) is 9.88 Å². The van der Waals surface area contributed by atoms with Crippen LogP contribution in [0.3, 0.4) is 0 Å². The summed E-state index contributed by atoms with van der Waals surface area (Å²) >= 11 is 0. The minimum atomic E-state index is -0.423. The van der Waals surface area contributed by atoms with Gasteiger partial charge in [-0.3, -0.25) is 14.2 Å². The monoisotopic (exact) mass is 182 g/mol. The number of nitrogens with one attached hydrogen (secondary N) is 1. The van der Waals surface area contributed by atoms with Gasteiger partial charge in [0.15, 0.2) is 0 Å². The Balaban J connectivity index is 3.34. The van der Waals surface area contributed by atoms with Gasteiger partial charge >= 0.3 is 0 Å². The van der Waals surface area contributed by atoms with Crippen molar-refractivity contribution < 1.29 is 9.90 Å². The molecule has 0 aromatic carbocycles. The molecular formula is C8H10N2O3. The molecule has 5 nitrogen and oxygen atoms in total. The van der Waals surface area contributed by atoms with Crippen molar-refractivity contribution in [3.8, 4) is 5.88 Å². The lowest BCUT2D eigenvalue weighted by molar-refractivity contribution is 0.0959. The molecule has 0 spiro atoms. The van der Waals surface area contributed by atoms with Crippen LogP contribution >= 0.6 is 0 Å². The molecule has 1 heterocycles. The van der Waals surface area contributed by atoms with Crippen molar-refractivity contribution in [1.29, 1.82) is 0 Å². The van der Waals surface area contributed by atoms with Crippen molar-refractivity contribution in [2.24, 2.45) is 7.05 Å². The number of pyridine rings is 1. The summed E-state index contributed by atoms with van der Waals surface area (Å²) in [5.74, 6) is -0.750. The number of carbonyl (C=O) groups is 1. The lowest BCUT2D eigenvalue weighted by Crippen LogP contribution is -2.23. The first-order valence-corrected chi connectivity index (χ1v) is 3.69. The molecule has 1 aromatic heterocycles. The van der Waals surface area contributed by atoms with Crippen LogP contribution < -0.4 is 10.9 Å².